The highest BCUT2D eigenvalue weighted by Gasteiger charge is 2.23. The van der Waals surface area contributed by atoms with Crippen molar-refractivity contribution in [3.8, 4) is 11.5 Å². The molecule has 0 aliphatic heterocycles. The first-order valence-corrected chi connectivity index (χ1v) is 5.01. The third-order valence-corrected chi connectivity index (χ3v) is 2.63. The number of methoxy groups -OCH3 is 3. The van der Waals surface area contributed by atoms with E-state index in [0.717, 1.165) is 5.56 Å². The maximum atomic E-state index is 9.46. The average molecular weight is 226 g/mol. The summed E-state index contributed by atoms with van der Waals surface area (Å²) in [7, 11) is 4.72. The molecule has 0 amide bonds. The number of phenolic OH excluding ortho intramolecular Hbond substituents is 1. The summed E-state index contributed by atoms with van der Waals surface area (Å²) in [6, 6.07) is 5.18. The Labute approximate surface area is 95.8 Å². The van der Waals surface area contributed by atoms with E-state index < -0.39 is 5.79 Å². The van der Waals surface area contributed by atoms with Gasteiger partial charge in [-0.2, -0.15) is 0 Å². The Bertz CT molecular complexity index is 345. The van der Waals surface area contributed by atoms with Crippen molar-refractivity contribution in [3.05, 3.63) is 23.8 Å². The smallest absolute Gasteiger partial charge is 0.168 e. The topological polar surface area (TPSA) is 47.9 Å². The van der Waals surface area contributed by atoms with Gasteiger partial charge in [-0.05, 0) is 24.6 Å². The zero-order valence-electron chi connectivity index (χ0n) is 10.1. The van der Waals surface area contributed by atoms with Gasteiger partial charge in [-0.1, -0.05) is 6.07 Å². The summed E-state index contributed by atoms with van der Waals surface area (Å²) in [6.07, 6.45) is 0.580. The number of aromatic hydroxyl groups is 1. The van der Waals surface area contributed by atoms with E-state index >= 15 is 0 Å². The van der Waals surface area contributed by atoms with Gasteiger partial charge in [0.1, 0.15) is 0 Å². The number of ether oxygens (including phenoxy) is 3. The lowest BCUT2D eigenvalue weighted by Crippen LogP contribution is -2.32. The first kappa shape index (κ1) is 12.8. The maximum Gasteiger partial charge on any atom is 0.168 e. The second kappa shape index (κ2) is 5.18. The van der Waals surface area contributed by atoms with Gasteiger partial charge in [0.25, 0.3) is 0 Å². The van der Waals surface area contributed by atoms with Crippen LogP contribution >= 0.6 is 0 Å². The molecule has 1 aromatic rings. The van der Waals surface area contributed by atoms with Crippen LogP contribution in [0.3, 0.4) is 0 Å². The number of rotatable bonds is 5. The van der Waals surface area contributed by atoms with Crippen LogP contribution in [0.25, 0.3) is 0 Å². The number of phenols is 1. The van der Waals surface area contributed by atoms with Crippen LogP contribution in [-0.2, 0) is 15.9 Å². The van der Waals surface area contributed by atoms with E-state index in [0.29, 0.717) is 12.2 Å². The monoisotopic (exact) mass is 226 g/mol. The Balaban J connectivity index is 2.89. The van der Waals surface area contributed by atoms with Crippen LogP contribution in [0.15, 0.2) is 18.2 Å². The molecule has 0 spiro atoms. The largest absolute Gasteiger partial charge is 0.504 e. The first-order chi connectivity index (χ1) is 7.54. The van der Waals surface area contributed by atoms with Gasteiger partial charge in [-0.3, -0.25) is 0 Å². The van der Waals surface area contributed by atoms with Crippen molar-refractivity contribution in [2.75, 3.05) is 21.3 Å². The van der Waals surface area contributed by atoms with Crippen molar-refractivity contribution in [1.29, 1.82) is 0 Å². The zero-order valence-corrected chi connectivity index (χ0v) is 10.1. The molecule has 1 rings (SSSR count). The minimum absolute atomic E-state index is 0.128. The molecule has 0 saturated carbocycles. The lowest BCUT2D eigenvalue weighted by Gasteiger charge is -2.26. The Morgan fingerprint density at radius 1 is 1.19 bits per heavy atom. The number of hydrogen-bond donors (Lipinski definition) is 1. The summed E-state index contributed by atoms with van der Waals surface area (Å²) >= 11 is 0. The molecule has 0 atom stereocenters. The molecular formula is C12H18O4. The van der Waals surface area contributed by atoms with Crippen LogP contribution in [0.5, 0.6) is 11.5 Å². The fraction of sp³-hybridized carbons (Fsp3) is 0.500. The van der Waals surface area contributed by atoms with Gasteiger partial charge in [-0.25, -0.2) is 0 Å². The van der Waals surface area contributed by atoms with Crippen LogP contribution in [0.1, 0.15) is 12.5 Å². The Morgan fingerprint density at radius 3 is 2.31 bits per heavy atom. The summed E-state index contributed by atoms with van der Waals surface area (Å²) in [5.74, 6) is -0.0861. The summed E-state index contributed by atoms with van der Waals surface area (Å²) < 4.78 is 15.6. The minimum atomic E-state index is -0.665. The van der Waals surface area contributed by atoms with Gasteiger partial charge < -0.3 is 19.3 Å². The van der Waals surface area contributed by atoms with Crippen LogP contribution < -0.4 is 4.74 Å². The van der Waals surface area contributed by atoms with Gasteiger partial charge in [0.15, 0.2) is 17.3 Å². The van der Waals surface area contributed by atoms with Crippen molar-refractivity contribution in [3.63, 3.8) is 0 Å². The van der Waals surface area contributed by atoms with E-state index in [9.17, 15) is 5.11 Å². The third-order valence-electron chi connectivity index (χ3n) is 2.63. The fourth-order valence-corrected chi connectivity index (χ4v) is 1.43. The summed E-state index contributed by atoms with van der Waals surface area (Å²) in [6.45, 7) is 1.85. The highest BCUT2D eigenvalue weighted by atomic mass is 16.7. The molecule has 0 unspecified atom stereocenters. The normalized spacial score (nSPS) is 11.5. The van der Waals surface area contributed by atoms with E-state index in [1.165, 1.54) is 7.11 Å². The van der Waals surface area contributed by atoms with Crippen LogP contribution in [0, 0.1) is 0 Å². The number of benzene rings is 1. The molecule has 1 N–H and O–H groups in total. The standard InChI is InChI=1S/C12H18O4/c1-12(15-3,16-4)8-9-5-6-10(13)11(7-9)14-2/h5-7,13H,8H2,1-4H3. The average Bonchev–Trinajstić information content (AvgIpc) is 2.31. The molecule has 4 heteroatoms. The Hall–Kier alpha value is -1.26. The van der Waals surface area contributed by atoms with Gasteiger partial charge in [0.05, 0.1) is 7.11 Å². The molecule has 16 heavy (non-hydrogen) atoms. The van der Waals surface area contributed by atoms with Crippen molar-refractivity contribution in [1.82, 2.24) is 0 Å². The second-order valence-electron chi connectivity index (χ2n) is 3.73. The van der Waals surface area contributed by atoms with E-state index in [2.05, 4.69) is 0 Å². The van der Waals surface area contributed by atoms with Crippen LogP contribution in [0.4, 0.5) is 0 Å². The molecule has 4 nitrogen and oxygen atoms in total. The molecule has 0 aliphatic rings. The predicted molar refractivity (Wildman–Crippen MR) is 60.8 cm³/mol. The van der Waals surface area contributed by atoms with E-state index in [1.807, 2.05) is 13.0 Å². The van der Waals surface area contributed by atoms with Crippen molar-refractivity contribution >= 4 is 0 Å². The van der Waals surface area contributed by atoms with E-state index in [1.54, 1.807) is 26.4 Å². The van der Waals surface area contributed by atoms with E-state index in [4.69, 9.17) is 14.2 Å². The quantitative estimate of drug-likeness (QED) is 0.780. The molecule has 1 aromatic carbocycles. The first-order valence-electron chi connectivity index (χ1n) is 5.01. The lowest BCUT2D eigenvalue weighted by atomic mass is 10.1. The van der Waals surface area contributed by atoms with Crippen molar-refractivity contribution in [2.24, 2.45) is 0 Å². The molecule has 0 heterocycles. The van der Waals surface area contributed by atoms with Gasteiger partial charge in [-0.15, -0.1) is 0 Å². The summed E-state index contributed by atoms with van der Waals surface area (Å²) in [4.78, 5) is 0. The van der Waals surface area contributed by atoms with Gasteiger partial charge >= 0.3 is 0 Å². The van der Waals surface area contributed by atoms with Gasteiger partial charge in [0, 0.05) is 20.6 Å². The number of hydrogen-bond acceptors (Lipinski definition) is 4. The SMILES string of the molecule is COc1cc(CC(C)(OC)OC)ccc1O. The van der Waals surface area contributed by atoms with Crippen molar-refractivity contribution < 1.29 is 19.3 Å². The molecular weight excluding hydrogens is 208 g/mol. The zero-order chi connectivity index (χ0) is 12.2. The molecule has 0 fully saturated rings. The molecule has 0 saturated heterocycles. The van der Waals surface area contributed by atoms with E-state index in [-0.39, 0.29) is 5.75 Å². The van der Waals surface area contributed by atoms with Crippen LogP contribution in [-0.4, -0.2) is 32.2 Å². The summed E-state index contributed by atoms with van der Waals surface area (Å²) in [5, 5.41) is 9.46. The highest BCUT2D eigenvalue weighted by Crippen LogP contribution is 2.28. The molecule has 0 aliphatic carbocycles. The Morgan fingerprint density at radius 2 is 1.81 bits per heavy atom. The molecule has 0 aromatic heterocycles. The third kappa shape index (κ3) is 2.87. The van der Waals surface area contributed by atoms with Crippen LogP contribution in [0.2, 0.25) is 0 Å². The Kier molecular flexibility index (Phi) is 4.15. The molecule has 90 valence electrons. The minimum Gasteiger partial charge on any atom is -0.504 e. The summed E-state index contributed by atoms with van der Waals surface area (Å²) in [5.41, 5.74) is 0.973. The highest BCUT2D eigenvalue weighted by molar-refractivity contribution is 5.42. The van der Waals surface area contributed by atoms with Crippen molar-refractivity contribution in [2.45, 2.75) is 19.1 Å². The second-order valence-corrected chi connectivity index (χ2v) is 3.73. The lowest BCUT2D eigenvalue weighted by molar-refractivity contribution is -0.191. The predicted octanol–water partition coefficient (Wildman–Crippen LogP) is 1.95. The fourth-order valence-electron chi connectivity index (χ4n) is 1.43. The maximum absolute atomic E-state index is 9.46. The molecule has 0 bridgehead atoms. The van der Waals surface area contributed by atoms with Gasteiger partial charge in [0.2, 0.25) is 0 Å². The molecule has 0 radical (unpaired) electrons.